The van der Waals surface area contributed by atoms with Crippen molar-refractivity contribution in [1.29, 1.82) is 0 Å². The van der Waals surface area contributed by atoms with E-state index in [1.807, 2.05) is 6.08 Å². The van der Waals surface area contributed by atoms with Gasteiger partial charge in [-0.2, -0.15) is 0 Å². The zero-order chi connectivity index (χ0) is 14.8. The first-order valence-corrected chi connectivity index (χ1v) is 7.43. The van der Waals surface area contributed by atoms with Crippen LogP contribution in [0.1, 0.15) is 46.5 Å². The van der Waals surface area contributed by atoms with Crippen molar-refractivity contribution in [1.82, 2.24) is 0 Å². The Kier molecular flexibility index (Phi) is 7.97. The predicted octanol–water partition coefficient (Wildman–Crippen LogP) is 3.96. The lowest BCUT2D eigenvalue weighted by molar-refractivity contribution is -0.137. The first-order chi connectivity index (χ1) is 9.63. The zero-order valence-electron chi connectivity index (χ0n) is 12.9. The Hall–Kier alpha value is -1.35. The fourth-order valence-corrected chi connectivity index (χ4v) is 1.88. The lowest BCUT2D eigenvalue weighted by atomic mass is 10.0. The van der Waals surface area contributed by atoms with Crippen molar-refractivity contribution in [3.63, 3.8) is 0 Å². The molecule has 0 atom stereocenters. The molecule has 0 aromatic rings. The lowest BCUT2D eigenvalue weighted by Gasteiger charge is -2.15. The molecule has 3 heteroatoms. The topological polar surface area (TPSA) is 35.5 Å². The third-order valence-corrected chi connectivity index (χ3v) is 3.21. The van der Waals surface area contributed by atoms with E-state index in [9.17, 15) is 4.79 Å². The Morgan fingerprint density at radius 1 is 1.25 bits per heavy atom. The monoisotopic (exact) mass is 278 g/mol. The summed E-state index contributed by atoms with van der Waals surface area (Å²) in [6.07, 6.45) is 9.45. The van der Waals surface area contributed by atoms with Gasteiger partial charge in [0.25, 0.3) is 0 Å². The SMILES string of the molecule is CCCCOC(=O)/C=C/C(C=C1CCOCC1)=C(C)C. The molecule has 0 aromatic heterocycles. The van der Waals surface area contributed by atoms with Crippen LogP contribution in [0.4, 0.5) is 0 Å². The molecule has 1 aliphatic heterocycles. The van der Waals surface area contributed by atoms with Gasteiger partial charge in [-0.05, 0) is 44.8 Å². The fourth-order valence-electron chi connectivity index (χ4n) is 1.88. The minimum Gasteiger partial charge on any atom is -0.463 e. The molecular weight excluding hydrogens is 252 g/mol. The highest BCUT2D eigenvalue weighted by molar-refractivity contribution is 5.82. The number of unbranched alkanes of at least 4 members (excludes halogenated alkanes) is 1. The van der Waals surface area contributed by atoms with Gasteiger partial charge in [0.15, 0.2) is 0 Å². The van der Waals surface area contributed by atoms with Crippen LogP contribution in [0.3, 0.4) is 0 Å². The summed E-state index contributed by atoms with van der Waals surface area (Å²) >= 11 is 0. The highest BCUT2D eigenvalue weighted by atomic mass is 16.5. The molecule has 1 aliphatic rings. The van der Waals surface area contributed by atoms with Crippen molar-refractivity contribution in [2.24, 2.45) is 0 Å². The molecule has 1 rings (SSSR count). The quantitative estimate of drug-likeness (QED) is 0.319. The number of allylic oxidation sites excluding steroid dienone is 4. The van der Waals surface area contributed by atoms with Gasteiger partial charge in [0.05, 0.1) is 19.8 Å². The van der Waals surface area contributed by atoms with E-state index in [0.717, 1.165) is 44.5 Å². The molecule has 0 bridgehead atoms. The molecule has 0 saturated carbocycles. The third kappa shape index (κ3) is 6.71. The van der Waals surface area contributed by atoms with Gasteiger partial charge in [0.1, 0.15) is 0 Å². The average molecular weight is 278 g/mol. The summed E-state index contributed by atoms with van der Waals surface area (Å²) in [5.74, 6) is -0.262. The Labute approximate surface area is 122 Å². The fraction of sp³-hybridized carbons (Fsp3) is 0.588. The smallest absolute Gasteiger partial charge is 0.330 e. The Bertz CT molecular complexity index is 390. The summed E-state index contributed by atoms with van der Waals surface area (Å²) < 4.78 is 10.5. The number of rotatable bonds is 6. The van der Waals surface area contributed by atoms with Crippen LogP contribution in [0.15, 0.2) is 34.9 Å². The first-order valence-electron chi connectivity index (χ1n) is 7.43. The normalized spacial score (nSPS) is 15.2. The van der Waals surface area contributed by atoms with Gasteiger partial charge in [-0.1, -0.05) is 30.6 Å². The maximum Gasteiger partial charge on any atom is 0.330 e. The van der Waals surface area contributed by atoms with E-state index in [1.54, 1.807) is 0 Å². The van der Waals surface area contributed by atoms with Crippen LogP contribution in [-0.4, -0.2) is 25.8 Å². The van der Waals surface area contributed by atoms with Gasteiger partial charge in [0, 0.05) is 6.08 Å². The summed E-state index contributed by atoms with van der Waals surface area (Å²) in [4.78, 5) is 11.6. The zero-order valence-corrected chi connectivity index (χ0v) is 12.9. The predicted molar refractivity (Wildman–Crippen MR) is 81.5 cm³/mol. The van der Waals surface area contributed by atoms with Crippen molar-refractivity contribution < 1.29 is 14.3 Å². The molecular formula is C17H26O3. The summed E-state index contributed by atoms with van der Waals surface area (Å²) in [5.41, 5.74) is 3.67. The van der Waals surface area contributed by atoms with Gasteiger partial charge in [-0.25, -0.2) is 4.79 Å². The largest absolute Gasteiger partial charge is 0.463 e. The van der Waals surface area contributed by atoms with E-state index in [2.05, 4.69) is 26.8 Å². The molecule has 0 spiro atoms. The number of hydrogen-bond donors (Lipinski definition) is 0. The van der Waals surface area contributed by atoms with Gasteiger partial charge in [-0.15, -0.1) is 0 Å². The molecule has 0 radical (unpaired) electrons. The van der Waals surface area contributed by atoms with Crippen LogP contribution < -0.4 is 0 Å². The van der Waals surface area contributed by atoms with Crippen LogP contribution in [-0.2, 0) is 14.3 Å². The van der Waals surface area contributed by atoms with Crippen molar-refractivity contribution in [2.75, 3.05) is 19.8 Å². The highest BCUT2D eigenvalue weighted by Crippen LogP contribution is 2.18. The van der Waals surface area contributed by atoms with Crippen LogP contribution in [0.5, 0.6) is 0 Å². The minimum atomic E-state index is -0.262. The molecule has 1 heterocycles. The molecule has 3 nitrogen and oxygen atoms in total. The Morgan fingerprint density at radius 2 is 1.95 bits per heavy atom. The van der Waals surface area contributed by atoms with Crippen LogP contribution in [0.25, 0.3) is 0 Å². The van der Waals surface area contributed by atoms with Gasteiger partial charge in [0.2, 0.25) is 0 Å². The van der Waals surface area contributed by atoms with E-state index in [0.29, 0.717) is 6.61 Å². The molecule has 0 N–H and O–H groups in total. The number of carbonyl (C=O) groups excluding carboxylic acids is 1. The summed E-state index contributed by atoms with van der Waals surface area (Å²) in [7, 11) is 0. The Morgan fingerprint density at radius 3 is 2.55 bits per heavy atom. The number of esters is 1. The molecule has 0 aliphatic carbocycles. The van der Waals surface area contributed by atoms with Crippen molar-refractivity contribution >= 4 is 5.97 Å². The summed E-state index contributed by atoms with van der Waals surface area (Å²) in [6, 6.07) is 0. The van der Waals surface area contributed by atoms with Gasteiger partial charge >= 0.3 is 5.97 Å². The molecule has 1 fully saturated rings. The summed E-state index contributed by atoms with van der Waals surface area (Å²) in [5, 5.41) is 0. The summed E-state index contributed by atoms with van der Waals surface area (Å²) in [6.45, 7) is 8.28. The van der Waals surface area contributed by atoms with Crippen molar-refractivity contribution in [2.45, 2.75) is 46.5 Å². The van der Waals surface area contributed by atoms with E-state index in [1.165, 1.54) is 17.2 Å². The number of ether oxygens (including phenoxy) is 2. The maximum absolute atomic E-state index is 11.6. The Balaban J connectivity index is 2.59. The molecule has 0 aromatic carbocycles. The number of carbonyl (C=O) groups is 1. The number of hydrogen-bond acceptors (Lipinski definition) is 3. The third-order valence-electron chi connectivity index (χ3n) is 3.21. The standard InChI is InChI=1S/C17H26O3/c1-4-5-10-20-17(18)7-6-16(14(2)3)13-15-8-11-19-12-9-15/h6-7,13H,4-5,8-12H2,1-3H3/b7-6+. The molecule has 112 valence electrons. The second-order valence-corrected chi connectivity index (χ2v) is 5.22. The van der Waals surface area contributed by atoms with E-state index in [4.69, 9.17) is 9.47 Å². The van der Waals surface area contributed by atoms with Crippen LogP contribution >= 0.6 is 0 Å². The van der Waals surface area contributed by atoms with Crippen LogP contribution in [0.2, 0.25) is 0 Å². The lowest BCUT2D eigenvalue weighted by Crippen LogP contribution is -2.07. The van der Waals surface area contributed by atoms with E-state index in [-0.39, 0.29) is 5.97 Å². The second-order valence-electron chi connectivity index (χ2n) is 5.22. The molecule has 1 saturated heterocycles. The second kappa shape index (κ2) is 9.54. The molecule has 20 heavy (non-hydrogen) atoms. The van der Waals surface area contributed by atoms with E-state index >= 15 is 0 Å². The molecule has 0 amide bonds. The highest BCUT2D eigenvalue weighted by Gasteiger charge is 2.06. The first kappa shape index (κ1) is 16.7. The van der Waals surface area contributed by atoms with E-state index < -0.39 is 0 Å². The van der Waals surface area contributed by atoms with Gasteiger partial charge < -0.3 is 9.47 Å². The van der Waals surface area contributed by atoms with Crippen molar-refractivity contribution in [3.05, 3.63) is 34.9 Å². The average Bonchev–Trinajstić information content (AvgIpc) is 2.44. The maximum atomic E-state index is 11.6. The van der Waals surface area contributed by atoms with Gasteiger partial charge in [-0.3, -0.25) is 0 Å². The van der Waals surface area contributed by atoms with Crippen LogP contribution in [0, 0.1) is 0 Å². The minimum absolute atomic E-state index is 0.262. The molecule has 0 unspecified atom stereocenters. The van der Waals surface area contributed by atoms with Crippen molar-refractivity contribution in [3.8, 4) is 0 Å².